The molecule has 0 aliphatic heterocycles. The lowest BCUT2D eigenvalue weighted by molar-refractivity contribution is -0.120. The van der Waals surface area contributed by atoms with Gasteiger partial charge in [-0.1, -0.05) is 30.3 Å². The largest absolute Gasteiger partial charge is 0.352 e. The average molecular weight is 370 g/mol. The van der Waals surface area contributed by atoms with Crippen molar-refractivity contribution >= 4 is 16.8 Å². The van der Waals surface area contributed by atoms with Crippen LogP contribution in [0.1, 0.15) is 22.4 Å². The summed E-state index contributed by atoms with van der Waals surface area (Å²) in [6.07, 6.45) is 5.75. The minimum absolute atomic E-state index is 0.00182. The lowest BCUT2D eigenvalue weighted by Crippen LogP contribution is -2.25. The third-order valence-corrected chi connectivity index (χ3v) is 5.05. The van der Waals surface area contributed by atoms with Gasteiger partial charge in [0.2, 0.25) is 5.91 Å². The fourth-order valence-electron chi connectivity index (χ4n) is 3.45. The predicted molar refractivity (Wildman–Crippen MR) is 110 cm³/mol. The number of nitrogens with zero attached hydrogens (tertiary/aromatic N) is 3. The second kappa shape index (κ2) is 7.64. The number of rotatable bonds is 5. The van der Waals surface area contributed by atoms with E-state index in [2.05, 4.69) is 28.3 Å². The van der Waals surface area contributed by atoms with Gasteiger partial charge in [0.1, 0.15) is 0 Å². The van der Waals surface area contributed by atoms with Crippen LogP contribution in [-0.4, -0.2) is 20.4 Å². The molecule has 2 heterocycles. The highest BCUT2D eigenvalue weighted by molar-refractivity contribution is 5.86. The van der Waals surface area contributed by atoms with Crippen molar-refractivity contribution in [1.82, 2.24) is 19.9 Å². The van der Waals surface area contributed by atoms with Crippen LogP contribution in [0.5, 0.6) is 0 Å². The van der Waals surface area contributed by atoms with Crippen LogP contribution >= 0.6 is 0 Å². The van der Waals surface area contributed by atoms with Gasteiger partial charge in [0.25, 0.3) is 0 Å². The summed E-state index contributed by atoms with van der Waals surface area (Å²) >= 11 is 0. The number of aromatic nitrogens is 3. The fourth-order valence-corrected chi connectivity index (χ4v) is 3.45. The molecule has 0 bridgehead atoms. The normalized spacial score (nSPS) is 10.9. The molecule has 0 saturated heterocycles. The van der Waals surface area contributed by atoms with Gasteiger partial charge in [0.15, 0.2) is 0 Å². The van der Waals surface area contributed by atoms with E-state index in [0.29, 0.717) is 13.0 Å². The molecule has 0 spiro atoms. The molecule has 0 saturated carbocycles. The number of carbonyl (C=O) groups excluding carboxylic acids is 1. The van der Waals surface area contributed by atoms with Gasteiger partial charge in [-0.15, -0.1) is 0 Å². The van der Waals surface area contributed by atoms with E-state index < -0.39 is 0 Å². The summed E-state index contributed by atoms with van der Waals surface area (Å²) in [6.45, 7) is 4.54. The Morgan fingerprint density at radius 3 is 2.61 bits per heavy atom. The molecule has 4 rings (SSSR count). The first kappa shape index (κ1) is 17.9. The van der Waals surface area contributed by atoms with Crippen LogP contribution < -0.4 is 5.32 Å². The number of hydrogen-bond donors (Lipinski definition) is 1. The summed E-state index contributed by atoms with van der Waals surface area (Å²) in [5, 5.41) is 4.12. The maximum absolute atomic E-state index is 12.5. The SMILES string of the molecule is Cc1nc2ccccc2c(C)c1CC(=O)NCc1ccc(-n2ccnc2)cc1. The van der Waals surface area contributed by atoms with Gasteiger partial charge < -0.3 is 9.88 Å². The number of amides is 1. The van der Waals surface area contributed by atoms with Crippen LogP contribution in [0.15, 0.2) is 67.3 Å². The molecule has 0 fully saturated rings. The van der Waals surface area contributed by atoms with E-state index in [4.69, 9.17) is 0 Å². The molecule has 28 heavy (non-hydrogen) atoms. The van der Waals surface area contributed by atoms with Gasteiger partial charge in [-0.2, -0.15) is 0 Å². The van der Waals surface area contributed by atoms with Crippen molar-refractivity contribution < 1.29 is 4.79 Å². The minimum atomic E-state index is 0.00182. The van der Waals surface area contributed by atoms with Crippen LogP contribution in [0, 0.1) is 13.8 Å². The van der Waals surface area contributed by atoms with Gasteiger partial charge in [0, 0.05) is 35.7 Å². The molecule has 1 N–H and O–H groups in total. The summed E-state index contributed by atoms with van der Waals surface area (Å²) in [6, 6.07) is 16.1. The van der Waals surface area contributed by atoms with Crippen LogP contribution in [0.3, 0.4) is 0 Å². The molecule has 0 aliphatic carbocycles. The molecule has 5 nitrogen and oxygen atoms in total. The summed E-state index contributed by atoms with van der Waals surface area (Å²) in [7, 11) is 0. The summed E-state index contributed by atoms with van der Waals surface area (Å²) < 4.78 is 1.95. The van der Waals surface area contributed by atoms with E-state index in [0.717, 1.165) is 39.0 Å². The Kier molecular flexibility index (Phi) is 4.89. The van der Waals surface area contributed by atoms with E-state index in [1.165, 1.54) is 0 Å². The Bertz CT molecular complexity index is 1120. The van der Waals surface area contributed by atoms with Crippen molar-refractivity contribution in [3.8, 4) is 5.69 Å². The third-order valence-electron chi connectivity index (χ3n) is 5.05. The molecular formula is C23H22N4O. The summed E-state index contributed by atoms with van der Waals surface area (Å²) in [5.74, 6) is 0.00182. The van der Waals surface area contributed by atoms with E-state index in [9.17, 15) is 4.79 Å². The van der Waals surface area contributed by atoms with Crippen molar-refractivity contribution in [2.24, 2.45) is 0 Å². The Morgan fingerprint density at radius 2 is 1.86 bits per heavy atom. The van der Waals surface area contributed by atoms with Crippen LogP contribution in [-0.2, 0) is 17.8 Å². The average Bonchev–Trinajstić information content (AvgIpc) is 3.25. The highest BCUT2D eigenvalue weighted by atomic mass is 16.1. The Labute approximate surface area is 164 Å². The molecule has 1 amide bonds. The van der Waals surface area contributed by atoms with Gasteiger partial charge >= 0.3 is 0 Å². The van der Waals surface area contributed by atoms with E-state index in [1.54, 1.807) is 12.5 Å². The quantitative estimate of drug-likeness (QED) is 0.580. The van der Waals surface area contributed by atoms with Crippen molar-refractivity contribution in [2.75, 3.05) is 0 Å². The number of aryl methyl sites for hydroxylation is 2. The van der Waals surface area contributed by atoms with Crippen molar-refractivity contribution in [1.29, 1.82) is 0 Å². The molecule has 0 aliphatic rings. The predicted octanol–water partition coefficient (Wildman–Crippen LogP) is 3.90. The first-order chi connectivity index (χ1) is 13.6. The maximum atomic E-state index is 12.5. The second-order valence-corrected chi connectivity index (χ2v) is 6.91. The highest BCUT2D eigenvalue weighted by Crippen LogP contribution is 2.22. The first-order valence-corrected chi connectivity index (χ1v) is 9.30. The van der Waals surface area contributed by atoms with Gasteiger partial charge in [0.05, 0.1) is 18.3 Å². The van der Waals surface area contributed by atoms with Crippen molar-refractivity contribution in [2.45, 2.75) is 26.8 Å². The van der Waals surface area contributed by atoms with Crippen LogP contribution in [0.2, 0.25) is 0 Å². The fraction of sp³-hybridized carbons (Fsp3) is 0.174. The zero-order chi connectivity index (χ0) is 19.5. The van der Waals surface area contributed by atoms with Gasteiger partial charge in [-0.05, 0) is 48.7 Å². The smallest absolute Gasteiger partial charge is 0.224 e. The number of pyridine rings is 1. The van der Waals surface area contributed by atoms with E-state index >= 15 is 0 Å². The number of hydrogen-bond acceptors (Lipinski definition) is 3. The molecule has 140 valence electrons. The molecular weight excluding hydrogens is 348 g/mol. The van der Waals surface area contributed by atoms with Crippen molar-refractivity contribution in [3.05, 3.63) is 89.6 Å². The van der Waals surface area contributed by atoms with Crippen LogP contribution in [0.25, 0.3) is 16.6 Å². The molecule has 0 radical (unpaired) electrons. The molecule has 5 heteroatoms. The molecule has 2 aromatic heterocycles. The Balaban J connectivity index is 1.43. The Morgan fingerprint density at radius 1 is 1.07 bits per heavy atom. The second-order valence-electron chi connectivity index (χ2n) is 6.91. The van der Waals surface area contributed by atoms with E-state index in [-0.39, 0.29) is 5.91 Å². The molecule has 0 atom stereocenters. The number of nitrogens with one attached hydrogen (secondary N) is 1. The number of para-hydroxylation sites is 1. The Hall–Kier alpha value is -3.47. The lowest BCUT2D eigenvalue weighted by atomic mass is 9.99. The minimum Gasteiger partial charge on any atom is -0.352 e. The lowest BCUT2D eigenvalue weighted by Gasteiger charge is -2.13. The number of imidazole rings is 1. The third kappa shape index (κ3) is 3.64. The molecule has 2 aromatic carbocycles. The zero-order valence-electron chi connectivity index (χ0n) is 16.0. The standard InChI is InChI=1S/C23H22N4O/c1-16-20-5-3-4-6-22(20)26-17(2)21(16)13-23(28)25-14-18-7-9-19(10-8-18)27-12-11-24-15-27/h3-12,15H,13-14H2,1-2H3,(H,25,28). The van der Waals surface area contributed by atoms with Gasteiger partial charge in [-0.25, -0.2) is 4.98 Å². The maximum Gasteiger partial charge on any atom is 0.224 e. The summed E-state index contributed by atoms with van der Waals surface area (Å²) in [5.41, 5.74) is 6.12. The topological polar surface area (TPSA) is 59.8 Å². The molecule has 4 aromatic rings. The first-order valence-electron chi connectivity index (χ1n) is 9.30. The van der Waals surface area contributed by atoms with Crippen molar-refractivity contribution in [3.63, 3.8) is 0 Å². The summed E-state index contributed by atoms with van der Waals surface area (Å²) in [4.78, 5) is 21.2. The number of benzene rings is 2. The number of carbonyl (C=O) groups is 1. The highest BCUT2D eigenvalue weighted by Gasteiger charge is 2.13. The molecule has 0 unspecified atom stereocenters. The monoisotopic (exact) mass is 370 g/mol. The zero-order valence-corrected chi connectivity index (χ0v) is 16.0. The van der Waals surface area contributed by atoms with Gasteiger partial charge in [-0.3, -0.25) is 9.78 Å². The van der Waals surface area contributed by atoms with E-state index in [1.807, 2.05) is 60.2 Å². The number of fused-ring (bicyclic) bond motifs is 1. The van der Waals surface area contributed by atoms with Crippen LogP contribution in [0.4, 0.5) is 0 Å².